The molecule has 1 unspecified atom stereocenters. The highest BCUT2D eigenvalue weighted by Gasteiger charge is 2.10. The van der Waals surface area contributed by atoms with E-state index < -0.39 is 6.10 Å². The van der Waals surface area contributed by atoms with Gasteiger partial charge in [-0.2, -0.15) is 0 Å². The van der Waals surface area contributed by atoms with Gasteiger partial charge in [0.05, 0.1) is 31.1 Å². The lowest BCUT2D eigenvalue weighted by molar-refractivity contribution is 0.156. The molecule has 2 aromatic rings. The molecular formula is C12H13ClN2O2. The van der Waals surface area contributed by atoms with Gasteiger partial charge in [-0.25, -0.2) is 4.98 Å². The molecule has 0 bridgehead atoms. The van der Waals surface area contributed by atoms with E-state index in [1.807, 2.05) is 4.57 Å². The maximum Gasteiger partial charge on any atom is 0.137 e. The van der Waals surface area contributed by atoms with Crippen molar-refractivity contribution in [1.29, 1.82) is 0 Å². The normalized spacial score (nSPS) is 12.4. The molecular weight excluding hydrogens is 240 g/mol. The summed E-state index contributed by atoms with van der Waals surface area (Å²) < 4.78 is 6.87. The Morgan fingerprint density at radius 2 is 2.35 bits per heavy atom. The Morgan fingerprint density at radius 3 is 2.94 bits per heavy atom. The quantitative estimate of drug-likeness (QED) is 0.908. The second-order valence-electron chi connectivity index (χ2n) is 3.67. The summed E-state index contributed by atoms with van der Waals surface area (Å²) in [6.45, 7) is 0.447. The Bertz CT molecular complexity index is 485. The van der Waals surface area contributed by atoms with Crippen molar-refractivity contribution in [2.75, 3.05) is 7.11 Å². The monoisotopic (exact) mass is 252 g/mol. The van der Waals surface area contributed by atoms with Crippen molar-refractivity contribution in [3.8, 4) is 5.75 Å². The topological polar surface area (TPSA) is 47.3 Å². The molecule has 0 aliphatic rings. The molecule has 2 rings (SSSR count). The van der Waals surface area contributed by atoms with Crippen LogP contribution in [0, 0.1) is 0 Å². The van der Waals surface area contributed by atoms with E-state index in [9.17, 15) is 5.11 Å². The average molecular weight is 253 g/mol. The fourth-order valence-corrected chi connectivity index (χ4v) is 1.86. The fourth-order valence-electron chi connectivity index (χ4n) is 1.59. The van der Waals surface area contributed by atoms with Crippen LogP contribution in [0.15, 0.2) is 36.9 Å². The number of benzene rings is 1. The van der Waals surface area contributed by atoms with E-state index in [0.717, 1.165) is 5.56 Å². The summed E-state index contributed by atoms with van der Waals surface area (Å²) in [5.74, 6) is 0.602. The lowest BCUT2D eigenvalue weighted by atomic mass is 10.1. The van der Waals surface area contributed by atoms with E-state index in [4.69, 9.17) is 16.3 Å². The molecule has 0 amide bonds. The summed E-state index contributed by atoms with van der Waals surface area (Å²) in [6, 6.07) is 5.25. The van der Waals surface area contributed by atoms with Gasteiger partial charge in [0.25, 0.3) is 0 Å². The molecule has 90 valence electrons. The number of aliphatic hydroxyl groups excluding tert-OH is 1. The summed E-state index contributed by atoms with van der Waals surface area (Å²) in [7, 11) is 1.56. The van der Waals surface area contributed by atoms with Gasteiger partial charge in [-0.3, -0.25) is 0 Å². The third-order valence-electron chi connectivity index (χ3n) is 2.50. The van der Waals surface area contributed by atoms with E-state index in [1.165, 1.54) is 0 Å². The largest absolute Gasteiger partial charge is 0.495 e. The Morgan fingerprint density at radius 1 is 1.53 bits per heavy atom. The fraction of sp³-hybridized carbons (Fsp3) is 0.250. The first-order valence-electron chi connectivity index (χ1n) is 5.18. The SMILES string of the molecule is COc1ccc(C(O)Cn2ccnc2)cc1Cl. The minimum atomic E-state index is -0.618. The third kappa shape index (κ3) is 2.78. The van der Waals surface area contributed by atoms with Crippen molar-refractivity contribution in [2.45, 2.75) is 12.6 Å². The highest BCUT2D eigenvalue weighted by molar-refractivity contribution is 6.32. The predicted molar refractivity (Wildman–Crippen MR) is 65.2 cm³/mol. The zero-order chi connectivity index (χ0) is 12.3. The van der Waals surface area contributed by atoms with Crippen LogP contribution in [0.5, 0.6) is 5.75 Å². The van der Waals surface area contributed by atoms with Gasteiger partial charge in [-0.05, 0) is 17.7 Å². The van der Waals surface area contributed by atoms with Gasteiger partial charge in [0, 0.05) is 12.4 Å². The van der Waals surface area contributed by atoms with Crippen molar-refractivity contribution in [1.82, 2.24) is 9.55 Å². The van der Waals surface area contributed by atoms with Crippen LogP contribution in [-0.2, 0) is 6.54 Å². The number of hydrogen-bond acceptors (Lipinski definition) is 3. The second-order valence-corrected chi connectivity index (χ2v) is 4.08. The van der Waals surface area contributed by atoms with Crippen molar-refractivity contribution in [3.63, 3.8) is 0 Å². The van der Waals surface area contributed by atoms with Gasteiger partial charge in [0.15, 0.2) is 0 Å². The molecule has 0 aliphatic carbocycles. The van der Waals surface area contributed by atoms with Crippen LogP contribution in [0.25, 0.3) is 0 Å². The molecule has 0 spiro atoms. The van der Waals surface area contributed by atoms with E-state index in [2.05, 4.69) is 4.98 Å². The lowest BCUT2D eigenvalue weighted by Gasteiger charge is -2.13. The molecule has 0 radical (unpaired) electrons. The molecule has 1 heterocycles. The lowest BCUT2D eigenvalue weighted by Crippen LogP contribution is -2.07. The van der Waals surface area contributed by atoms with Crippen LogP contribution in [0.1, 0.15) is 11.7 Å². The Kier molecular flexibility index (Phi) is 3.66. The number of nitrogens with zero attached hydrogens (tertiary/aromatic N) is 2. The number of aliphatic hydroxyl groups is 1. The Hall–Kier alpha value is -1.52. The van der Waals surface area contributed by atoms with Gasteiger partial charge in [0.1, 0.15) is 5.75 Å². The summed E-state index contributed by atoms with van der Waals surface area (Å²) in [4.78, 5) is 3.92. The van der Waals surface area contributed by atoms with E-state index in [-0.39, 0.29) is 0 Å². The van der Waals surface area contributed by atoms with Crippen LogP contribution < -0.4 is 4.74 Å². The molecule has 17 heavy (non-hydrogen) atoms. The Labute approximate surface area is 104 Å². The third-order valence-corrected chi connectivity index (χ3v) is 2.80. The molecule has 1 aromatic carbocycles. The molecule has 0 saturated carbocycles. The number of imidazole rings is 1. The molecule has 1 aromatic heterocycles. The molecule has 4 nitrogen and oxygen atoms in total. The maximum atomic E-state index is 10.0. The molecule has 1 atom stereocenters. The van der Waals surface area contributed by atoms with E-state index >= 15 is 0 Å². The number of rotatable bonds is 4. The number of hydrogen-bond donors (Lipinski definition) is 1. The highest BCUT2D eigenvalue weighted by Crippen LogP contribution is 2.28. The summed E-state index contributed by atoms with van der Waals surface area (Å²) in [5, 5.41) is 10.5. The number of ether oxygens (including phenoxy) is 1. The molecule has 0 aliphatic heterocycles. The second kappa shape index (κ2) is 5.21. The van der Waals surface area contributed by atoms with E-state index in [1.54, 1.807) is 44.0 Å². The van der Waals surface area contributed by atoms with Crippen molar-refractivity contribution in [3.05, 3.63) is 47.5 Å². The van der Waals surface area contributed by atoms with Crippen LogP contribution >= 0.6 is 11.6 Å². The summed E-state index contributed by atoms with van der Waals surface area (Å²) in [5.41, 5.74) is 0.754. The molecule has 0 fully saturated rings. The first kappa shape index (κ1) is 12.0. The van der Waals surface area contributed by atoms with Crippen molar-refractivity contribution >= 4 is 11.6 Å². The predicted octanol–water partition coefficient (Wildman–Crippen LogP) is 2.28. The Balaban J connectivity index is 2.14. The number of halogens is 1. The van der Waals surface area contributed by atoms with Gasteiger partial charge >= 0.3 is 0 Å². The smallest absolute Gasteiger partial charge is 0.137 e. The first-order valence-corrected chi connectivity index (χ1v) is 5.55. The van der Waals surface area contributed by atoms with E-state index in [0.29, 0.717) is 17.3 Å². The van der Waals surface area contributed by atoms with Crippen LogP contribution in [0.2, 0.25) is 5.02 Å². The first-order chi connectivity index (χ1) is 8.20. The molecule has 1 N–H and O–H groups in total. The van der Waals surface area contributed by atoms with Crippen LogP contribution in [-0.4, -0.2) is 21.8 Å². The molecule has 0 saturated heterocycles. The standard InChI is InChI=1S/C12H13ClN2O2/c1-17-12-3-2-9(6-10(12)13)11(16)7-15-5-4-14-8-15/h2-6,8,11,16H,7H2,1H3. The van der Waals surface area contributed by atoms with Crippen LogP contribution in [0.3, 0.4) is 0 Å². The maximum absolute atomic E-state index is 10.0. The van der Waals surface area contributed by atoms with Crippen molar-refractivity contribution in [2.24, 2.45) is 0 Å². The zero-order valence-electron chi connectivity index (χ0n) is 9.38. The highest BCUT2D eigenvalue weighted by atomic mass is 35.5. The number of aromatic nitrogens is 2. The van der Waals surface area contributed by atoms with Gasteiger partial charge in [-0.15, -0.1) is 0 Å². The number of methoxy groups -OCH3 is 1. The van der Waals surface area contributed by atoms with Gasteiger partial charge in [0.2, 0.25) is 0 Å². The summed E-state index contributed by atoms with van der Waals surface area (Å²) in [6.07, 6.45) is 4.52. The zero-order valence-corrected chi connectivity index (χ0v) is 10.1. The van der Waals surface area contributed by atoms with Crippen molar-refractivity contribution < 1.29 is 9.84 Å². The summed E-state index contributed by atoms with van der Waals surface area (Å²) >= 11 is 6.00. The molecule has 5 heteroatoms. The van der Waals surface area contributed by atoms with Gasteiger partial charge in [-0.1, -0.05) is 17.7 Å². The van der Waals surface area contributed by atoms with Gasteiger partial charge < -0.3 is 14.4 Å². The minimum absolute atomic E-state index is 0.447. The minimum Gasteiger partial charge on any atom is -0.495 e. The van der Waals surface area contributed by atoms with Crippen LogP contribution in [0.4, 0.5) is 0 Å². The average Bonchev–Trinajstić information content (AvgIpc) is 2.81.